The number of aromatic nitrogens is 2. The summed E-state index contributed by atoms with van der Waals surface area (Å²) in [6, 6.07) is 8.14. The first-order valence-corrected chi connectivity index (χ1v) is 9.50. The molecule has 8 nitrogen and oxygen atoms in total. The van der Waals surface area contributed by atoms with Crippen LogP contribution in [0.5, 0.6) is 5.75 Å². The van der Waals surface area contributed by atoms with E-state index in [0.29, 0.717) is 43.4 Å². The molecule has 29 heavy (non-hydrogen) atoms. The number of phenolic OH excluding ortho intramolecular Hbond substituents is 1. The summed E-state index contributed by atoms with van der Waals surface area (Å²) in [5.74, 6) is 0.918. The third kappa shape index (κ3) is 5.32. The number of nitrogens with one attached hydrogen (secondary N) is 1. The van der Waals surface area contributed by atoms with Crippen LogP contribution in [0.15, 0.2) is 36.7 Å². The van der Waals surface area contributed by atoms with E-state index in [2.05, 4.69) is 15.3 Å². The Balaban J connectivity index is 1.56. The molecule has 1 amide bonds. The van der Waals surface area contributed by atoms with Crippen molar-refractivity contribution in [3.05, 3.63) is 42.2 Å². The number of benzene rings is 1. The number of aromatic hydroxyl groups is 1. The van der Waals surface area contributed by atoms with Crippen LogP contribution in [0.4, 0.5) is 16.0 Å². The normalized spacial score (nSPS) is 15.9. The van der Waals surface area contributed by atoms with Crippen LogP contribution in [0.1, 0.15) is 25.5 Å². The van der Waals surface area contributed by atoms with Crippen molar-refractivity contribution in [3.63, 3.8) is 0 Å². The SMILES string of the molecule is CC(C)(F)C(=O)N1CCN(c2cc(NCC(O)c3ccc(O)cc3)ncn2)CC1. The molecule has 156 valence electrons. The summed E-state index contributed by atoms with van der Waals surface area (Å²) in [5, 5.41) is 22.7. The second-order valence-corrected chi connectivity index (χ2v) is 7.50. The molecule has 0 saturated carbocycles. The summed E-state index contributed by atoms with van der Waals surface area (Å²) in [6.45, 7) is 4.75. The first-order valence-electron chi connectivity index (χ1n) is 9.50. The number of carbonyl (C=O) groups excluding carboxylic acids is 1. The monoisotopic (exact) mass is 403 g/mol. The highest BCUT2D eigenvalue weighted by molar-refractivity contribution is 5.84. The molecule has 0 aliphatic carbocycles. The highest BCUT2D eigenvalue weighted by Gasteiger charge is 2.33. The van der Waals surface area contributed by atoms with Crippen LogP contribution in [0.3, 0.4) is 0 Å². The average molecular weight is 403 g/mol. The molecule has 0 bridgehead atoms. The number of rotatable bonds is 6. The second-order valence-electron chi connectivity index (χ2n) is 7.50. The van der Waals surface area contributed by atoms with Crippen LogP contribution in [0, 0.1) is 0 Å². The van der Waals surface area contributed by atoms with Crippen LogP contribution in [-0.4, -0.2) is 69.4 Å². The molecule has 3 N–H and O–H groups in total. The molecule has 1 atom stereocenters. The number of hydrogen-bond acceptors (Lipinski definition) is 7. The lowest BCUT2D eigenvalue weighted by molar-refractivity contribution is -0.142. The lowest BCUT2D eigenvalue weighted by Crippen LogP contribution is -2.53. The van der Waals surface area contributed by atoms with Gasteiger partial charge in [-0.2, -0.15) is 0 Å². The van der Waals surface area contributed by atoms with E-state index in [0.717, 1.165) is 0 Å². The lowest BCUT2D eigenvalue weighted by atomic mass is 10.1. The smallest absolute Gasteiger partial charge is 0.259 e. The predicted octanol–water partition coefficient (Wildman–Crippen LogP) is 1.72. The number of aliphatic hydroxyl groups excluding tert-OH is 1. The number of piperazine rings is 1. The number of anilines is 2. The first kappa shape index (κ1) is 20.8. The van der Waals surface area contributed by atoms with Crippen LogP contribution in [-0.2, 0) is 4.79 Å². The lowest BCUT2D eigenvalue weighted by Gasteiger charge is -2.37. The number of amides is 1. The number of aliphatic hydroxyl groups is 1. The molecule has 1 aromatic heterocycles. The molecule has 1 unspecified atom stereocenters. The maximum absolute atomic E-state index is 13.9. The van der Waals surface area contributed by atoms with E-state index in [-0.39, 0.29) is 12.3 Å². The van der Waals surface area contributed by atoms with Gasteiger partial charge in [0.25, 0.3) is 5.91 Å². The van der Waals surface area contributed by atoms with Gasteiger partial charge in [0, 0.05) is 38.8 Å². The van der Waals surface area contributed by atoms with Crippen molar-refractivity contribution < 1.29 is 19.4 Å². The molecule has 3 rings (SSSR count). The molecular weight excluding hydrogens is 377 g/mol. The summed E-state index contributed by atoms with van der Waals surface area (Å²) >= 11 is 0. The Morgan fingerprint density at radius 2 is 1.86 bits per heavy atom. The highest BCUT2D eigenvalue weighted by Crippen LogP contribution is 2.21. The van der Waals surface area contributed by atoms with E-state index >= 15 is 0 Å². The van der Waals surface area contributed by atoms with Crippen molar-refractivity contribution in [2.24, 2.45) is 0 Å². The van der Waals surface area contributed by atoms with Gasteiger partial charge in [-0.1, -0.05) is 12.1 Å². The Bertz CT molecular complexity index is 833. The topological polar surface area (TPSA) is 102 Å². The fourth-order valence-electron chi connectivity index (χ4n) is 3.15. The number of phenols is 1. The van der Waals surface area contributed by atoms with Gasteiger partial charge >= 0.3 is 0 Å². The summed E-state index contributed by atoms with van der Waals surface area (Å²) in [5.41, 5.74) is -1.19. The largest absolute Gasteiger partial charge is 0.508 e. The molecular formula is C20H26FN5O3. The predicted molar refractivity (Wildman–Crippen MR) is 108 cm³/mol. The van der Waals surface area contributed by atoms with Crippen LogP contribution >= 0.6 is 0 Å². The van der Waals surface area contributed by atoms with Crippen molar-refractivity contribution >= 4 is 17.5 Å². The van der Waals surface area contributed by atoms with Gasteiger partial charge in [0.2, 0.25) is 0 Å². The molecule has 2 heterocycles. The summed E-state index contributed by atoms with van der Waals surface area (Å²) in [6.07, 6.45) is 0.680. The van der Waals surface area contributed by atoms with E-state index < -0.39 is 17.7 Å². The Kier molecular flexibility index (Phi) is 6.17. The van der Waals surface area contributed by atoms with Crippen LogP contribution in [0.2, 0.25) is 0 Å². The van der Waals surface area contributed by atoms with Crippen molar-refractivity contribution in [2.75, 3.05) is 42.9 Å². The molecule has 1 fully saturated rings. The summed E-state index contributed by atoms with van der Waals surface area (Å²) in [4.78, 5) is 24.1. The van der Waals surface area contributed by atoms with Crippen molar-refractivity contribution in [1.29, 1.82) is 0 Å². The van der Waals surface area contributed by atoms with Crippen molar-refractivity contribution in [3.8, 4) is 5.75 Å². The molecule has 1 aliphatic rings. The number of halogens is 1. The molecule has 1 aromatic carbocycles. The minimum absolute atomic E-state index is 0.145. The van der Waals surface area contributed by atoms with Crippen LogP contribution in [0.25, 0.3) is 0 Å². The maximum atomic E-state index is 13.9. The third-order valence-electron chi connectivity index (χ3n) is 4.81. The zero-order valence-corrected chi connectivity index (χ0v) is 16.5. The maximum Gasteiger partial charge on any atom is 0.259 e. The zero-order valence-electron chi connectivity index (χ0n) is 16.5. The molecule has 2 aromatic rings. The summed E-state index contributed by atoms with van der Waals surface area (Å²) < 4.78 is 13.9. The Hall–Kier alpha value is -2.94. The number of nitrogens with zero attached hydrogens (tertiary/aromatic N) is 4. The minimum atomic E-state index is -1.87. The van der Waals surface area contributed by atoms with Crippen molar-refractivity contribution in [1.82, 2.24) is 14.9 Å². The van der Waals surface area contributed by atoms with Crippen LogP contribution < -0.4 is 10.2 Å². The van der Waals surface area contributed by atoms with E-state index in [9.17, 15) is 19.4 Å². The standard InChI is InChI=1S/C20H26FN5O3/c1-20(2,21)19(29)26-9-7-25(8-10-26)18-11-17(23-13-24-18)22-12-16(28)14-3-5-15(27)6-4-14/h3-6,11,13,16,27-28H,7-10,12H2,1-2H3,(H,22,23,24). The van der Waals surface area contributed by atoms with E-state index in [1.165, 1.54) is 37.2 Å². The van der Waals surface area contributed by atoms with Gasteiger partial charge in [0.05, 0.1) is 6.10 Å². The van der Waals surface area contributed by atoms with E-state index in [1.54, 1.807) is 18.2 Å². The van der Waals surface area contributed by atoms with Crippen molar-refractivity contribution in [2.45, 2.75) is 25.6 Å². The molecule has 1 aliphatic heterocycles. The number of alkyl halides is 1. The van der Waals surface area contributed by atoms with Gasteiger partial charge in [-0.3, -0.25) is 4.79 Å². The molecule has 0 radical (unpaired) electrons. The Labute approximate surface area is 169 Å². The van der Waals surface area contributed by atoms with E-state index in [4.69, 9.17) is 0 Å². The minimum Gasteiger partial charge on any atom is -0.508 e. The Morgan fingerprint density at radius 3 is 2.48 bits per heavy atom. The number of hydrogen-bond donors (Lipinski definition) is 3. The van der Waals surface area contributed by atoms with E-state index in [1.807, 2.05) is 4.90 Å². The van der Waals surface area contributed by atoms with Gasteiger partial charge in [-0.25, -0.2) is 14.4 Å². The zero-order chi connectivity index (χ0) is 21.0. The Morgan fingerprint density at radius 1 is 1.21 bits per heavy atom. The van der Waals surface area contributed by atoms with Gasteiger partial charge in [-0.15, -0.1) is 0 Å². The first-order chi connectivity index (χ1) is 13.7. The summed E-state index contributed by atoms with van der Waals surface area (Å²) in [7, 11) is 0. The van der Waals surface area contributed by atoms with Gasteiger partial charge in [0.1, 0.15) is 23.7 Å². The molecule has 1 saturated heterocycles. The quantitative estimate of drug-likeness (QED) is 0.675. The van der Waals surface area contributed by atoms with Gasteiger partial charge < -0.3 is 25.3 Å². The average Bonchev–Trinajstić information content (AvgIpc) is 2.71. The third-order valence-corrected chi connectivity index (χ3v) is 4.81. The van der Waals surface area contributed by atoms with Gasteiger partial charge in [0.15, 0.2) is 5.67 Å². The molecule has 9 heteroatoms. The fraction of sp³-hybridized carbons (Fsp3) is 0.450. The number of carbonyl (C=O) groups is 1. The fourth-order valence-corrected chi connectivity index (χ4v) is 3.15. The second kappa shape index (κ2) is 8.60. The molecule has 0 spiro atoms. The van der Waals surface area contributed by atoms with Gasteiger partial charge in [-0.05, 0) is 31.5 Å². The highest BCUT2D eigenvalue weighted by atomic mass is 19.1.